The number of carboxylic acids is 1. The summed E-state index contributed by atoms with van der Waals surface area (Å²) in [5, 5.41) is 136. The van der Waals surface area contributed by atoms with Gasteiger partial charge < -0.3 is 121 Å². The Morgan fingerprint density at radius 1 is 0.746 bits per heavy atom. The van der Waals surface area contributed by atoms with E-state index in [2.05, 4.69) is 16.0 Å². The molecule has 21 atom stereocenters. The zero-order chi connectivity index (χ0) is 49.9. The number of unbranched alkanes of at least 4 members (excludes halogenated alkanes) is 2. The van der Waals surface area contributed by atoms with Crippen molar-refractivity contribution >= 4 is 23.7 Å². The number of carbonyl (C=O) groups is 4. The molecule has 0 saturated carbocycles. The highest BCUT2D eigenvalue weighted by atomic mass is 16.8. The first-order chi connectivity index (χ1) is 31.6. The second-order valence-corrected chi connectivity index (χ2v) is 16.8. The van der Waals surface area contributed by atoms with Crippen LogP contribution in [0.25, 0.3) is 0 Å². The minimum atomic E-state index is -3.13. The average molecular weight is 977 g/mol. The van der Waals surface area contributed by atoms with E-state index in [0.717, 1.165) is 13.8 Å². The van der Waals surface area contributed by atoms with Crippen molar-refractivity contribution in [2.75, 3.05) is 39.5 Å². The summed E-state index contributed by atoms with van der Waals surface area (Å²) in [6.45, 7) is 0.959. The zero-order valence-electron chi connectivity index (χ0n) is 37.2. The first kappa shape index (κ1) is 56.7. The number of ether oxygens (including phenoxy) is 8. The summed E-state index contributed by atoms with van der Waals surface area (Å²) in [5.74, 6) is -6.84. The molecule has 4 aliphatic heterocycles. The Bertz CT molecular complexity index is 1590. The van der Waals surface area contributed by atoms with Gasteiger partial charge in [-0.3, -0.25) is 14.4 Å². The minimum Gasteiger partial charge on any atom is -0.477 e. The fraction of sp³-hybridized carbons (Fsp3) is 0.897. The molecule has 388 valence electrons. The summed E-state index contributed by atoms with van der Waals surface area (Å²) < 4.78 is 47.3. The molecule has 67 heavy (non-hydrogen) atoms. The molecule has 4 saturated heterocycles. The maximum atomic E-state index is 13.0. The van der Waals surface area contributed by atoms with Crippen molar-refractivity contribution in [1.29, 1.82) is 0 Å². The van der Waals surface area contributed by atoms with Gasteiger partial charge in [0.05, 0.1) is 38.1 Å². The zero-order valence-corrected chi connectivity index (χ0v) is 37.2. The van der Waals surface area contributed by atoms with Crippen LogP contribution >= 0.6 is 0 Å². The monoisotopic (exact) mass is 976 g/mol. The third-order valence-electron chi connectivity index (χ3n) is 11.7. The number of aliphatic hydroxyl groups excluding tert-OH is 11. The van der Waals surface area contributed by atoms with Crippen LogP contribution in [-0.2, 0) is 57.1 Å². The summed E-state index contributed by atoms with van der Waals surface area (Å²) in [4.78, 5) is 49.8. The van der Waals surface area contributed by atoms with Crippen LogP contribution in [0.2, 0.25) is 0 Å². The Hall–Kier alpha value is -2.92. The van der Waals surface area contributed by atoms with Gasteiger partial charge in [0, 0.05) is 46.4 Å². The third-order valence-corrected chi connectivity index (χ3v) is 11.7. The van der Waals surface area contributed by atoms with E-state index in [1.165, 1.54) is 6.92 Å². The van der Waals surface area contributed by atoms with E-state index in [-0.39, 0.29) is 25.5 Å². The van der Waals surface area contributed by atoms with Gasteiger partial charge in [-0.05, 0) is 19.8 Å². The minimum absolute atomic E-state index is 0.0455. The van der Waals surface area contributed by atoms with Gasteiger partial charge >= 0.3 is 5.97 Å². The van der Waals surface area contributed by atoms with Crippen LogP contribution in [0.4, 0.5) is 0 Å². The highest BCUT2D eigenvalue weighted by Crippen LogP contribution is 2.39. The number of hydrogen-bond acceptors (Lipinski definition) is 24. The van der Waals surface area contributed by atoms with Crippen LogP contribution in [0.5, 0.6) is 0 Å². The number of nitrogens with two attached hydrogens (primary N) is 1. The number of rotatable bonds is 23. The van der Waals surface area contributed by atoms with E-state index in [0.29, 0.717) is 25.8 Å². The van der Waals surface area contributed by atoms with Gasteiger partial charge in [-0.25, -0.2) is 4.79 Å². The molecule has 0 bridgehead atoms. The number of hydrogen-bond donors (Lipinski definition) is 16. The lowest BCUT2D eigenvalue weighted by Gasteiger charge is -2.51. The van der Waals surface area contributed by atoms with E-state index < -0.39 is 172 Å². The van der Waals surface area contributed by atoms with E-state index in [4.69, 9.17) is 43.6 Å². The van der Waals surface area contributed by atoms with Crippen molar-refractivity contribution in [3.63, 3.8) is 0 Å². The highest BCUT2D eigenvalue weighted by Gasteiger charge is 2.61. The molecule has 0 aromatic heterocycles. The van der Waals surface area contributed by atoms with Crippen molar-refractivity contribution < 1.29 is 118 Å². The van der Waals surface area contributed by atoms with Gasteiger partial charge in [-0.2, -0.15) is 0 Å². The van der Waals surface area contributed by atoms with Crippen molar-refractivity contribution in [1.82, 2.24) is 16.0 Å². The Morgan fingerprint density at radius 2 is 1.36 bits per heavy atom. The van der Waals surface area contributed by atoms with Crippen LogP contribution in [0, 0.1) is 0 Å². The second kappa shape index (κ2) is 25.8. The fourth-order valence-electron chi connectivity index (χ4n) is 8.18. The van der Waals surface area contributed by atoms with Crippen LogP contribution in [-0.4, -0.2) is 253 Å². The van der Waals surface area contributed by atoms with E-state index >= 15 is 0 Å². The molecule has 28 nitrogen and oxygen atoms in total. The Balaban J connectivity index is 1.69. The standard InChI is InChI=1S/C39H68N4O24/c1-15-25(52)28(55)29(56)36(61-15)65-33-24(43-17(3)48)35(60-10-6-4-5-7-22(51)41-9-8-40)63-21(14-46)31(33)64-37-30(57)34(27(54)20(13-45)62-37)67-39(38(58)59)11-18(49)23(42-16(2)47)32(66-39)26(53)19(50)12-44/h15,18-21,23-37,44-46,49-50,52-57H,4-14,40H2,1-3H3,(H,41,51)(H,42,47)(H,43,48)(H,58,59)/t15-,18-,19+,20+,21+,23+,24+,25+,26+,27-,28+,29-,30+,31+,32+,33+,34-,35+,36-,37-,39-/m0/s1. The average Bonchev–Trinajstić information content (AvgIpc) is 3.28. The van der Waals surface area contributed by atoms with Gasteiger partial charge in [-0.1, -0.05) is 6.42 Å². The lowest BCUT2D eigenvalue weighted by Crippen LogP contribution is -2.71. The number of amides is 3. The molecule has 0 aromatic rings. The second-order valence-electron chi connectivity index (χ2n) is 16.8. The number of nitrogens with one attached hydrogen (secondary N) is 3. The van der Waals surface area contributed by atoms with Gasteiger partial charge in [0.15, 0.2) is 18.9 Å². The SMILES string of the molecule is CC(=O)N[C@H]1[C@H](OCCCCCC(=O)NCCN)O[C@H](CO)[C@@H](O[C@@H]2O[C@H](CO)[C@H](O)[C@H](O[C@]3(C(=O)O)C[C@H](O)[C@@H](NC(C)=O)[C@H]([C@H](O)[C@H](O)CO)O3)[C@H]2O)[C@@H]1O[C@@H]1O[C@@H](C)[C@@H](O)[C@@H](O)[C@@H]1O. The lowest BCUT2D eigenvalue weighted by molar-refractivity contribution is -0.391. The molecular weight excluding hydrogens is 908 g/mol. The summed E-state index contributed by atoms with van der Waals surface area (Å²) in [5.41, 5.74) is 5.42. The van der Waals surface area contributed by atoms with Gasteiger partial charge in [-0.15, -0.1) is 0 Å². The van der Waals surface area contributed by atoms with Crippen molar-refractivity contribution in [3.05, 3.63) is 0 Å². The van der Waals surface area contributed by atoms with Crippen molar-refractivity contribution in [2.24, 2.45) is 5.73 Å². The molecule has 17 N–H and O–H groups in total. The molecule has 4 aliphatic rings. The van der Waals surface area contributed by atoms with Gasteiger partial charge in [0.1, 0.15) is 85.4 Å². The van der Waals surface area contributed by atoms with Gasteiger partial charge in [0.25, 0.3) is 5.79 Å². The van der Waals surface area contributed by atoms with Crippen molar-refractivity contribution in [2.45, 2.75) is 181 Å². The molecule has 4 heterocycles. The smallest absolute Gasteiger partial charge is 0.364 e. The number of aliphatic carboxylic acids is 1. The lowest BCUT2D eigenvalue weighted by atomic mass is 9.88. The molecular formula is C39H68N4O24. The van der Waals surface area contributed by atoms with E-state index in [9.17, 15) is 80.5 Å². The third kappa shape index (κ3) is 14.1. The molecule has 0 radical (unpaired) electrons. The molecule has 0 aliphatic carbocycles. The van der Waals surface area contributed by atoms with Crippen LogP contribution < -0.4 is 21.7 Å². The molecule has 0 aromatic carbocycles. The van der Waals surface area contributed by atoms with Gasteiger partial charge in [0.2, 0.25) is 17.7 Å². The molecule has 4 rings (SSSR count). The molecule has 0 unspecified atom stereocenters. The molecule has 3 amide bonds. The van der Waals surface area contributed by atoms with E-state index in [1.807, 2.05) is 0 Å². The Kier molecular flexibility index (Phi) is 21.8. The number of aliphatic hydroxyl groups is 11. The summed E-state index contributed by atoms with van der Waals surface area (Å²) in [6.07, 6.45) is -33.1. The summed E-state index contributed by atoms with van der Waals surface area (Å²) >= 11 is 0. The Labute approximate surface area is 384 Å². The largest absolute Gasteiger partial charge is 0.477 e. The quantitative estimate of drug-likeness (QED) is 0.0423. The highest BCUT2D eigenvalue weighted by molar-refractivity contribution is 5.77. The first-order valence-corrected chi connectivity index (χ1v) is 21.9. The maximum absolute atomic E-state index is 13.0. The van der Waals surface area contributed by atoms with Crippen LogP contribution in [0.3, 0.4) is 0 Å². The van der Waals surface area contributed by atoms with Crippen LogP contribution in [0.15, 0.2) is 0 Å². The molecule has 28 heteroatoms. The van der Waals surface area contributed by atoms with Crippen LogP contribution in [0.1, 0.15) is 52.9 Å². The summed E-state index contributed by atoms with van der Waals surface area (Å²) in [7, 11) is 0. The van der Waals surface area contributed by atoms with Crippen molar-refractivity contribution in [3.8, 4) is 0 Å². The number of carboxylic acid groups (broad SMARTS) is 1. The topological polar surface area (TPSA) is 447 Å². The number of carbonyl (C=O) groups excluding carboxylic acids is 3. The molecule has 4 fully saturated rings. The maximum Gasteiger partial charge on any atom is 0.364 e. The molecule has 0 spiro atoms. The summed E-state index contributed by atoms with van der Waals surface area (Å²) in [6, 6.07) is -3.08. The normalized spacial score (nSPS) is 40.0. The van der Waals surface area contributed by atoms with E-state index in [1.54, 1.807) is 0 Å². The predicted octanol–water partition coefficient (Wildman–Crippen LogP) is -8.57. The predicted molar refractivity (Wildman–Crippen MR) is 217 cm³/mol. The fourth-order valence-corrected chi connectivity index (χ4v) is 8.18. The first-order valence-electron chi connectivity index (χ1n) is 21.9. The Morgan fingerprint density at radius 3 is 1.96 bits per heavy atom.